The van der Waals surface area contributed by atoms with Crippen LogP contribution in [0.25, 0.3) is 0 Å². The number of halogens is 3. The molecular weight excluding hydrogens is 348 g/mol. The van der Waals surface area contributed by atoms with E-state index < -0.39 is 6.43 Å². The minimum absolute atomic E-state index is 0.120. The number of amides is 1. The summed E-state index contributed by atoms with van der Waals surface area (Å²) in [7, 11) is 0. The molecule has 0 bridgehead atoms. The molecule has 1 N–H and O–H groups in total. The first-order chi connectivity index (χ1) is 12.0. The fourth-order valence-electron chi connectivity index (χ4n) is 2.36. The lowest BCUT2D eigenvalue weighted by Gasteiger charge is -2.16. The van der Waals surface area contributed by atoms with Crippen molar-refractivity contribution in [2.24, 2.45) is 0 Å². The van der Waals surface area contributed by atoms with Crippen LogP contribution in [0.4, 0.5) is 14.5 Å². The van der Waals surface area contributed by atoms with Gasteiger partial charge in [0.2, 0.25) is 5.91 Å². The topological polar surface area (TPSA) is 38.3 Å². The minimum atomic E-state index is -2.67. The van der Waals surface area contributed by atoms with Crippen molar-refractivity contribution in [3.8, 4) is 5.75 Å². The van der Waals surface area contributed by atoms with Crippen LogP contribution in [0.15, 0.2) is 36.4 Å². The number of anilines is 1. The Bertz CT molecular complexity index is 750. The predicted octanol–water partition coefficient (Wildman–Crippen LogP) is 5.77. The van der Waals surface area contributed by atoms with Crippen molar-refractivity contribution in [3.05, 3.63) is 58.1 Å². The maximum absolute atomic E-state index is 13.3. The molecule has 134 valence electrons. The van der Waals surface area contributed by atoms with Crippen molar-refractivity contribution in [1.82, 2.24) is 0 Å². The maximum Gasteiger partial charge on any atom is 0.264 e. The molecule has 25 heavy (non-hydrogen) atoms. The summed E-state index contributed by atoms with van der Waals surface area (Å²) in [5.41, 5.74) is 1.46. The Labute approximate surface area is 151 Å². The molecule has 1 amide bonds. The highest BCUT2D eigenvalue weighted by Crippen LogP contribution is 2.32. The number of aryl methyl sites for hydroxylation is 1. The average molecular weight is 368 g/mol. The second-order valence-corrected chi connectivity index (χ2v) is 5.89. The number of nitrogens with one attached hydrogen (secondary N) is 1. The number of rotatable bonds is 7. The normalized spacial score (nSPS) is 10.8. The van der Waals surface area contributed by atoms with Crippen LogP contribution in [0, 0.1) is 0 Å². The van der Waals surface area contributed by atoms with Crippen LogP contribution >= 0.6 is 11.6 Å². The summed E-state index contributed by atoms with van der Waals surface area (Å²) in [6, 6.07) is 9.78. The van der Waals surface area contributed by atoms with Gasteiger partial charge in [-0.25, -0.2) is 8.78 Å². The van der Waals surface area contributed by atoms with Crippen molar-refractivity contribution in [2.45, 2.75) is 39.7 Å². The van der Waals surface area contributed by atoms with Crippen molar-refractivity contribution in [3.63, 3.8) is 0 Å². The van der Waals surface area contributed by atoms with Crippen LogP contribution in [-0.2, 0) is 17.8 Å². The van der Waals surface area contributed by atoms with Crippen molar-refractivity contribution >= 4 is 23.2 Å². The van der Waals surface area contributed by atoms with Gasteiger partial charge in [-0.2, -0.15) is 0 Å². The lowest BCUT2D eigenvalue weighted by Crippen LogP contribution is -2.13. The van der Waals surface area contributed by atoms with Gasteiger partial charge < -0.3 is 10.1 Å². The Morgan fingerprint density at radius 1 is 1.24 bits per heavy atom. The van der Waals surface area contributed by atoms with Gasteiger partial charge in [0.1, 0.15) is 12.4 Å². The molecule has 2 aromatic carbocycles. The molecule has 0 radical (unpaired) electrons. The van der Waals surface area contributed by atoms with E-state index in [2.05, 4.69) is 5.32 Å². The van der Waals surface area contributed by atoms with E-state index in [1.54, 1.807) is 25.1 Å². The lowest BCUT2D eigenvalue weighted by atomic mass is 10.1. The van der Waals surface area contributed by atoms with E-state index in [4.69, 9.17) is 16.3 Å². The first kappa shape index (κ1) is 19.2. The summed E-state index contributed by atoms with van der Waals surface area (Å²) in [6.45, 7) is 3.58. The molecule has 0 aromatic heterocycles. The van der Waals surface area contributed by atoms with Gasteiger partial charge in [-0.1, -0.05) is 43.6 Å². The second kappa shape index (κ2) is 8.81. The Morgan fingerprint density at radius 3 is 2.60 bits per heavy atom. The average Bonchev–Trinajstić information content (AvgIpc) is 2.60. The van der Waals surface area contributed by atoms with Gasteiger partial charge in [0.15, 0.2) is 0 Å². The highest BCUT2D eigenvalue weighted by atomic mass is 35.5. The summed E-state index contributed by atoms with van der Waals surface area (Å²) in [5.74, 6) is 0.161. The number of carbonyl (C=O) groups excluding carboxylic acids is 1. The Morgan fingerprint density at radius 2 is 2.00 bits per heavy atom. The molecule has 0 aliphatic rings. The number of benzene rings is 2. The molecule has 0 atom stereocenters. The SMILES string of the molecule is CCC(=O)Nc1cccc(C(F)F)c1COc1ccc(CC)cc1Cl. The van der Waals surface area contributed by atoms with E-state index in [1.807, 2.05) is 13.0 Å². The highest BCUT2D eigenvalue weighted by Gasteiger charge is 2.18. The van der Waals surface area contributed by atoms with E-state index >= 15 is 0 Å². The zero-order valence-corrected chi connectivity index (χ0v) is 14.9. The molecule has 0 spiro atoms. The number of hydrogen-bond donors (Lipinski definition) is 1. The zero-order chi connectivity index (χ0) is 18.4. The van der Waals surface area contributed by atoms with E-state index in [0.717, 1.165) is 12.0 Å². The molecule has 0 saturated heterocycles. The largest absolute Gasteiger partial charge is 0.487 e. The van der Waals surface area contributed by atoms with Gasteiger partial charge in [-0.15, -0.1) is 0 Å². The van der Waals surface area contributed by atoms with Crippen LogP contribution in [0.3, 0.4) is 0 Å². The zero-order valence-electron chi connectivity index (χ0n) is 14.1. The summed E-state index contributed by atoms with van der Waals surface area (Å²) < 4.78 is 32.3. The van der Waals surface area contributed by atoms with Crippen LogP contribution in [-0.4, -0.2) is 5.91 Å². The third kappa shape index (κ3) is 4.92. The smallest absolute Gasteiger partial charge is 0.264 e. The third-order valence-electron chi connectivity index (χ3n) is 3.82. The van der Waals surface area contributed by atoms with Gasteiger partial charge in [0.05, 0.1) is 5.02 Å². The van der Waals surface area contributed by atoms with Gasteiger partial charge in [-0.3, -0.25) is 4.79 Å². The van der Waals surface area contributed by atoms with Crippen molar-refractivity contribution in [2.75, 3.05) is 5.32 Å². The molecule has 2 rings (SSSR count). The monoisotopic (exact) mass is 367 g/mol. The number of hydrogen-bond acceptors (Lipinski definition) is 2. The molecule has 6 heteroatoms. The summed E-state index contributed by atoms with van der Waals surface area (Å²) >= 11 is 6.18. The van der Waals surface area contributed by atoms with Crippen LogP contribution in [0.5, 0.6) is 5.75 Å². The van der Waals surface area contributed by atoms with E-state index in [-0.39, 0.29) is 30.1 Å². The second-order valence-electron chi connectivity index (χ2n) is 5.48. The highest BCUT2D eigenvalue weighted by molar-refractivity contribution is 6.32. The standard InChI is InChI=1S/C19H20ClF2NO2/c1-3-12-8-9-17(15(20)10-12)25-11-14-13(19(21)22)6-5-7-16(14)23-18(24)4-2/h5-10,19H,3-4,11H2,1-2H3,(H,23,24). The first-order valence-electron chi connectivity index (χ1n) is 8.07. The van der Waals surface area contributed by atoms with Crippen molar-refractivity contribution in [1.29, 1.82) is 0 Å². The minimum Gasteiger partial charge on any atom is -0.487 e. The molecule has 0 saturated carbocycles. The maximum atomic E-state index is 13.3. The predicted molar refractivity (Wildman–Crippen MR) is 95.5 cm³/mol. The summed E-state index contributed by atoms with van der Waals surface area (Å²) in [6.07, 6.45) is -1.58. The molecular formula is C19H20ClF2NO2. The third-order valence-corrected chi connectivity index (χ3v) is 4.11. The van der Waals surface area contributed by atoms with Gasteiger partial charge in [0, 0.05) is 23.2 Å². The fourth-order valence-corrected chi connectivity index (χ4v) is 2.61. The molecule has 0 unspecified atom stereocenters. The molecule has 0 aliphatic carbocycles. The van der Waals surface area contributed by atoms with E-state index in [9.17, 15) is 13.6 Å². The first-order valence-corrected chi connectivity index (χ1v) is 8.45. The van der Waals surface area contributed by atoms with Gasteiger partial charge in [-0.05, 0) is 30.2 Å². The van der Waals surface area contributed by atoms with Gasteiger partial charge >= 0.3 is 0 Å². The Balaban J connectivity index is 2.29. The molecule has 0 fully saturated rings. The number of carbonyl (C=O) groups is 1. The molecule has 2 aromatic rings. The Hall–Kier alpha value is -2.14. The summed E-state index contributed by atoms with van der Waals surface area (Å²) in [5, 5.41) is 3.06. The molecule has 3 nitrogen and oxygen atoms in total. The fraction of sp³-hybridized carbons (Fsp3) is 0.316. The van der Waals surface area contributed by atoms with E-state index in [1.165, 1.54) is 12.1 Å². The van der Waals surface area contributed by atoms with Crippen LogP contribution < -0.4 is 10.1 Å². The van der Waals surface area contributed by atoms with Crippen LogP contribution in [0.1, 0.15) is 43.4 Å². The van der Waals surface area contributed by atoms with Crippen molar-refractivity contribution < 1.29 is 18.3 Å². The lowest BCUT2D eigenvalue weighted by molar-refractivity contribution is -0.115. The quantitative estimate of drug-likeness (QED) is 0.674. The number of ether oxygens (including phenoxy) is 1. The van der Waals surface area contributed by atoms with Crippen LogP contribution in [0.2, 0.25) is 5.02 Å². The summed E-state index contributed by atoms with van der Waals surface area (Å²) in [4.78, 5) is 11.7. The Kier molecular flexibility index (Phi) is 6.76. The van der Waals surface area contributed by atoms with Gasteiger partial charge in [0.25, 0.3) is 6.43 Å². The molecule has 0 heterocycles. The molecule has 0 aliphatic heterocycles. The number of alkyl halides is 2. The van der Waals surface area contributed by atoms with E-state index in [0.29, 0.717) is 16.5 Å².